The van der Waals surface area contributed by atoms with Gasteiger partial charge in [0.25, 0.3) is 5.56 Å². The van der Waals surface area contributed by atoms with Crippen molar-refractivity contribution in [2.75, 3.05) is 22.9 Å². The highest BCUT2D eigenvalue weighted by molar-refractivity contribution is 7.99. The lowest BCUT2D eigenvalue weighted by atomic mass is 10.2. The lowest BCUT2D eigenvalue weighted by Gasteiger charge is -2.24. The number of amides is 1. The van der Waals surface area contributed by atoms with Gasteiger partial charge in [-0.2, -0.15) is 13.2 Å². The summed E-state index contributed by atoms with van der Waals surface area (Å²) in [5.41, 5.74) is 3.66. The predicted octanol–water partition coefficient (Wildman–Crippen LogP) is 2.87. The molecule has 1 amide bonds. The van der Waals surface area contributed by atoms with Crippen molar-refractivity contribution in [3.05, 3.63) is 44.7 Å². The van der Waals surface area contributed by atoms with E-state index in [2.05, 4.69) is 9.97 Å². The van der Waals surface area contributed by atoms with Gasteiger partial charge in [-0.05, 0) is 25.0 Å². The molecule has 0 aliphatic heterocycles. The topological polar surface area (TPSA) is 114 Å². The molecule has 0 atom stereocenters. The van der Waals surface area contributed by atoms with Gasteiger partial charge >= 0.3 is 11.9 Å². The number of nitrogens with two attached hydrogens (primary N) is 1. The fourth-order valence-corrected chi connectivity index (χ4v) is 3.53. The van der Waals surface area contributed by atoms with Crippen LogP contribution in [0.25, 0.3) is 0 Å². The lowest BCUT2D eigenvalue weighted by molar-refractivity contribution is -0.137. The number of nitrogens with one attached hydrogen (secondary N) is 1. The average Bonchev–Trinajstić information content (AvgIpc) is 2.71. The Labute approximate surface area is 180 Å². The third kappa shape index (κ3) is 6.12. The van der Waals surface area contributed by atoms with Crippen LogP contribution < -0.4 is 21.9 Å². The van der Waals surface area contributed by atoms with Gasteiger partial charge in [0.1, 0.15) is 5.82 Å². The first-order chi connectivity index (χ1) is 14.6. The molecule has 8 nitrogen and oxygen atoms in total. The number of nitrogens with zero attached hydrogens (tertiary/aromatic N) is 3. The number of hydrogen-bond acceptors (Lipinski definition) is 6. The van der Waals surface area contributed by atoms with E-state index in [0.29, 0.717) is 19.0 Å². The van der Waals surface area contributed by atoms with Crippen LogP contribution in [0.5, 0.6) is 0 Å². The van der Waals surface area contributed by atoms with Crippen LogP contribution in [0.15, 0.2) is 32.9 Å². The minimum absolute atomic E-state index is 0.0993. The predicted molar refractivity (Wildman–Crippen MR) is 113 cm³/mol. The molecule has 3 N–H and O–H groups in total. The third-order valence-electron chi connectivity index (χ3n) is 4.37. The number of pyridine rings is 1. The molecule has 0 aromatic carbocycles. The molecule has 0 saturated carbocycles. The van der Waals surface area contributed by atoms with E-state index in [9.17, 15) is 27.6 Å². The normalized spacial score (nSPS) is 11.5. The Morgan fingerprint density at radius 2 is 1.97 bits per heavy atom. The zero-order valence-corrected chi connectivity index (χ0v) is 18.0. The van der Waals surface area contributed by atoms with Crippen LogP contribution in [0, 0.1) is 0 Å². The summed E-state index contributed by atoms with van der Waals surface area (Å²) in [7, 11) is 0. The van der Waals surface area contributed by atoms with Crippen molar-refractivity contribution in [2.45, 2.75) is 50.9 Å². The van der Waals surface area contributed by atoms with Gasteiger partial charge in [0.2, 0.25) is 5.91 Å². The fourth-order valence-electron chi connectivity index (χ4n) is 2.81. The van der Waals surface area contributed by atoms with E-state index in [1.54, 1.807) is 0 Å². The first-order valence-electron chi connectivity index (χ1n) is 9.69. The smallest absolute Gasteiger partial charge is 0.383 e. The van der Waals surface area contributed by atoms with Crippen molar-refractivity contribution >= 4 is 29.2 Å². The van der Waals surface area contributed by atoms with Gasteiger partial charge in [0, 0.05) is 19.3 Å². The number of rotatable bonds is 9. The minimum atomic E-state index is -4.50. The Hall–Kier alpha value is -2.76. The summed E-state index contributed by atoms with van der Waals surface area (Å²) in [6.07, 6.45) is -1.88. The van der Waals surface area contributed by atoms with Gasteiger partial charge in [-0.25, -0.2) is 9.78 Å². The van der Waals surface area contributed by atoms with E-state index >= 15 is 0 Å². The molecule has 2 aromatic heterocycles. The number of alkyl halides is 3. The van der Waals surface area contributed by atoms with Crippen LogP contribution in [-0.4, -0.2) is 32.7 Å². The SMILES string of the molecule is CCCCN(C(=O)CSc1ccc(C(F)(F)F)cn1)c1c(N)n(CCC)c(=O)[nH]c1=O. The molecule has 0 aliphatic rings. The maximum atomic E-state index is 12.9. The van der Waals surface area contributed by atoms with Gasteiger partial charge in [0.05, 0.1) is 16.3 Å². The number of nitrogen functional groups attached to an aromatic ring is 1. The molecule has 0 unspecified atom stereocenters. The number of hydrogen-bond donors (Lipinski definition) is 2. The van der Waals surface area contributed by atoms with E-state index in [0.717, 1.165) is 24.2 Å². The van der Waals surface area contributed by atoms with E-state index in [4.69, 9.17) is 5.73 Å². The van der Waals surface area contributed by atoms with Crippen molar-refractivity contribution in [2.24, 2.45) is 0 Å². The summed E-state index contributed by atoms with van der Waals surface area (Å²) >= 11 is 0.942. The first kappa shape index (κ1) is 24.5. The summed E-state index contributed by atoms with van der Waals surface area (Å²) in [4.78, 5) is 44.6. The Balaban J connectivity index is 2.28. The van der Waals surface area contributed by atoms with Gasteiger partial charge in [0.15, 0.2) is 5.69 Å². The molecule has 2 aromatic rings. The highest BCUT2D eigenvalue weighted by atomic mass is 32.2. The van der Waals surface area contributed by atoms with Gasteiger partial charge < -0.3 is 10.6 Å². The number of carbonyl (C=O) groups is 1. The summed E-state index contributed by atoms with van der Waals surface area (Å²) in [6, 6.07) is 2.07. The molecule has 2 heterocycles. The van der Waals surface area contributed by atoms with Gasteiger partial charge in [-0.1, -0.05) is 32.0 Å². The molecule has 170 valence electrons. The standard InChI is InChI=1S/C19H24F3N5O3S/c1-3-5-9-26(15-16(23)27(8-4-2)18(30)25-17(15)29)14(28)11-31-13-7-6-12(10-24-13)19(20,21)22/h6-7,10H,3-5,8-9,11,23H2,1-2H3,(H,25,29,30). The zero-order valence-electron chi connectivity index (χ0n) is 17.2. The van der Waals surface area contributed by atoms with Crippen LogP contribution in [-0.2, 0) is 17.5 Å². The maximum Gasteiger partial charge on any atom is 0.417 e. The molecule has 12 heteroatoms. The number of unbranched alkanes of at least 4 members (excludes halogenated alkanes) is 1. The number of H-pyrrole nitrogens is 1. The Kier molecular flexibility index (Phi) is 8.31. The Morgan fingerprint density at radius 3 is 2.52 bits per heavy atom. The molecular formula is C19H24F3N5O3S. The summed E-state index contributed by atoms with van der Waals surface area (Å²) in [6.45, 7) is 4.22. The van der Waals surface area contributed by atoms with Crippen molar-refractivity contribution in [3.63, 3.8) is 0 Å². The highest BCUT2D eigenvalue weighted by Gasteiger charge is 2.30. The number of aromatic nitrogens is 3. The van der Waals surface area contributed by atoms with Gasteiger partial charge in [-0.15, -0.1) is 0 Å². The molecule has 31 heavy (non-hydrogen) atoms. The number of carbonyl (C=O) groups excluding carboxylic acids is 1. The monoisotopic (exact) mass is 459 g/mol. The van der Waals surface area contributed by atoms with Gasteiger partial charge in [-0.3, -0.25) is 19.1 Å². The van der Waals surface area contributed by atoms with E-state index < -0.39 is 28.9 Å². The second-order valence-electron chi connectivity index (χ2n) is 6.72. The highest BCUT2D eigenvalue weighted by Crippen LogP contribution is 2.29. The third-order valence-corrected chi connectivity index (χ3v) is 5.30. The molecule has 0 aliphatic carbocycles. The summed E-state index contributed by atoms with van der Waals surface area (Å²) < 4.78 is 39.2. The molecular weight excluding hydrogens is 435 g/mol. The van der Waals surface area contributed by atoms with Crippen LogP contribution >= 0.6 is 11.8 Å². The second kappa shape index (κ2) is 10.5. The summed E-state index contributed by atoms with van der Waals surface area (Å²) in [5.74, 6) is -0.745. The Morgan fingerprint density at radius 1 is 1.26 bits per heavy atom. The minimum Gasteiger partial charge on any atom is -0.383 e. The fraction of sp³-hybridized carbons (Fsp3) is 0.474. The van der Waals surface area contributed by atoms with Crippen LogP contribution in [0.3, 0.4) is 0 Å². The van der Waals surface area contributed by atoms with Crippen molar-refractivity contribution in [1.29, 1.82) is 0 Å². The van der Waals surface area contributed by atoms with Crippen molar-refractivity contribution in [1.82, 2.24) is 14.5 Å². The zero-order chi connectivity index (χ0) is 23.2. The largest absolute Gasteiger partial charge is 0.417 e. The lowest BCUT2D eigenvalue weighted by Crippen LogP contribution is -2.42. The van der Waals surface area contributed by atoms with E-state index in [1.165, 1.54) is 15.5 Å². The van der Waals surface area contributed by atoms with Crippen LogP contribution in [0.2, 0.25) is 0 Å². The molecule has 0 fully saturated rings. The number of halogens is 3. The molecule has 2 rings (SSSR count). The molecule has 0 spiro atoms. The molecule has 0 bridgehead atoms. The molecule has 0 radical (unpaired) electrons. The van der Waals surface area contributed by atoms with E-state index in [1.807, 2.05) is 13.8 Å². The maximum absolute atomic E-state index is 12.9. The van der Waals surface area contributed by atoms with Crippen molar-refractivity contribution in [3.8, 4) is 0 Å². The summed E-state index contributed by atoms with van der Waals surface area (Å²) in [5, 5.41) is 0.231. The second-order valence-corrected chi connectivity index (χ2v) is 7.71. The Bertz CT molecular complexity index is 1020. The number of aromatic amines is 1. The number of anilines is 2. The van der Waals surface area contributed by atoms with Crippen LogP contribution in [0.4, 0.5) is 24.7 Å². The average molecular weight is 459 g/mol. The van der Waals surface area contributed by atoms with Crippen molar-refractivity contribution < 1.29 is 18.0 Å². The number of thioether (sulfide) groups is 1. The molecule has 0 saturated heterocycles. The van der Waals surface area contributed by atoms with E-state index in [-0.39, 0.29) is 35.4 Å². The quantitative estimate of drug-likeness (QED) is 0.558. The van der Waals surface area contributed by atoms with Crippen LogP contribution in [0.1, 0.15) is 38.7 Å². The first-order valence-corrected chi connectivity index (χ1v) is 10.7.